The Bertz CT molecular complexity index is 419. The molecule has 1 rings (SSSR count). The second-order valence-electron chi connectivity index (χ2n) is 5.19. The summed E-state index contributed by atoms with van der Waals surface area (Å²) in [5, 5.41) is 15.3. The van der Waals surface area contributed by atoms with E-state index in [1.165, 1.54) is 0 Å². The molecule has 0 unspecified atom stereocenters. The van der Waals surface area contributed by atoms with Crippen molar-refractivity contribution in [2.45, 2.75) is 39.7 Å². The molecule has 0 radical (unpaired) electrons. The van der Waals surface area contributed by atoms with E-state index in [2.05, 4.69) is 44.3 Å². The first-order valence-electron chi connectivity index (χ1n) is 7.03. The van der Waals surface area contributed by atoms with Crippen LogP contribution in [0.4, 0.5) is 17.8 Å². The minimum absolute atomic E-state index is 0.118. The van der Waals surface area contributed by atoms with Crippen molar-refractivity contribution < 1.29 is 5.11 Å². The maximum absolute atomic E-state index is 9.09. The largest absolute Gasteiger partial charge is 0.396 e. The molecule has 20 heavy (non-hydrogen) atoms. The zero-order valence-electron chi connectivity index (χ0n) is 13.1. The van der Waals surface area contributed by atoms with Crippen molar-refractivity contribution in [1.82, 2.24) is 15.0 Å². The maximum atomic E-state index is 9.09. The minimum Gasteiger partial charge on any atom is -0.396 e. The highest BCUT2D eigenvalue weighted by molar-refractivity contribution is 5.44. The number of hydrogen-bond acceptors (Lipinski definition) is 7. The zero-order chi connectivity index (χ0) is 15.2. The van der Waals surface area contributed by atoms with Crippen LogP contribution in [0.3, 0.4) is 0 Å². The molecule has 0 bridgehead atoms. The van der Waals surface area contributed by atoms with Crippen LogP contribution in [0.1, 0.15) is 34.1 Å². The molecule has 0 spiro atoms. The average molecular weight is 282 g/mol. The van der Waals surface area contributed by atoms with Gasteiger partial charge in [0.2, 0.25) is 17.8 Å². The summed E-state index contributed by atoms with van der Waals surface area (Å²) in [4.78, 5) is 15.2. The van der Waals surface area contributed by atoms with Crippen molar-refractivity contribution in [3.05, 3.63) is 0 Å². The number of rotatable bonds is 8. The highest BCUT2D eigenvalue weighted by Gasteiger charge is 2.19. The Labute approximate surface area is 120 Å². The van der Waals surface area contributed by atoms with Gasteiger partial charge in [0.05, 0.1) is 0 Å². The van der Waals surface area contributed by atoms with E-state index in [1.54, 1.807) is 7.05 Å². The molecule has 3 N–H and O–H groups in total. The van der Waals surface area contributed by atoms with E-state index in [0.717, 1.165) is 13.1 Å². The first-order valence-corrected chi connectivity index (χ1v) is 7.03. The molecule has 0 aliphatic carbocycles. The number of aromatic nitrogens is 3. The molecule has 0 aliphatic heterocycles. The molecular formula is C13H26N6O. The summed E-state index contributed by atoms with van der Waals surface area (Å²) >= 11 is 0. The van der Waals surface area contributed by atoms with Gasteiger partial charge in [0.25, 0.3) is 0 Å². The lowest BCUT2D eigenvalue weighted by molar-refractivity contribution is 0.260. The predicted molar refractivity (Wildman–Crippen MR) is 82.3 cm³/mol. The second-order valence-corrected chi connectivity index (χ2v) is 5.19. The van der Waals surface area contributed by atoms with Gasteiger partial charge in [-0.2, -0.15) is 15.0 Å². The van der Waals surface area contributed by atoms with Crippen molar-refractivity contribution in [3.8, 4) is 0 Å². The van der Waals surface area contributed by atoms with Gasteiger partial charge in [0.1, 0.15) is 0 Å². The third-order valence-corrected chi connectivity index (χ3v) is 3.08. The standard InChI is InChI=1S/C13H26N6O/c1-6-19(7-2)12-16-10(14-5)15-11(17-12)18-13(3,4)8-9-20/h20H,6-9H2,1-5H3,(H2,14,15,16,17,18). The molecule has 0 saturated heterocycles. The van der Waals surface area contributed by atoms with Crippen LogP contribution < -0.4 is 15.5 Å². The molecular weight excluding hydrogens is 256 g/mol. The number of aliphatic hydroxyl groups excluding tert-OH is 1. The summed E-state index contributed by atoms with van der Waals surface area (Å²) in [6.07, 6.45) is 0.619. The number of nitrogens with one attached hydrogen (secondary N) is 2. The SMILES string of the molecule is CCN(CC)c1nc(NC)nc(NC(C)(C)CCO)n1. The van der Waals surface area contributed by atoms with Crippen LogP contribution in [-0.4, -0.2) is 52.3 Å². The van der Waals surface area contributed by atoms with E-state index in [4.69, 9.17) is 5.11 Å². The Balaban J connectivity index is 3.04. The van der Waals surface area contributed by atoms with Gasteiger partial charge >= 0.3 is 0 Å². The summed E-state index contributed by atoms with van der Waals surface area (Å²) in [6.45, 7) is 9.93. The highest BCUT2D eigenvalue weighted by Crippen LogP contribution is 2.18. The molecule has 0 aromatic carbocycles. The third kappa shape index (κ3) is 4.48. The Morgan fingerprint density at radius 3 is 2.20 bits per heavy atom. The zero-order valence-corrected chi connectivity index (χ0v) is 13.1. The number of aliphatic hydroxyl groups is 1. The summed E-state index contributed by atoms with van der Waals surface area (Å²) in [5.41, 5.74) is -0.276. The van der Waals surface area contributed by atoms with Gasteiger partial charge in [-0.3, -0.25) is 0 Å². The Morgan fingerprint density at radius 2 is 1.70 bits per heavy atom. The minimum atomic E-state index is -0.276. The molecule has 7 nitrogen and oxygen atoms in total. The van der Waals surface area contributed by atoms with Crippen molar-refractivity contribution in [3.63, 3.8) is 0 Å². The van der Waals surface area contributed by atoms with E-state index >= 15 is 0 Å². The van der Waals surface area contributed by atoms with Crippen LogP contribution >= 0.6 is 0 Å². The summed E-state index contributed by atoms with van der Waals surface area (Å²) < 4.78 is 0. The molecule has 7 heteroatoms. The van der Waals surface area contributed by atoms with Crippen LogP contribution in [-0.2, 0) is 0 Å². The number of anilines is 3. The van der Waals surface area contributed by atoms with Crippen LogP contribution in [0.2, 0.25) is 0 Å². The van der Waals surface area contributed by atoms with E-state index in [0.29, 0.717) is 24.3 Å². The predicted octanol–water partition coefficient (Wildman–Crippen LogP) is 1.33. The fourth-order valence-electron chi connectivity index (χ4n) is 1.83. The first kappa shape index (κ1) is 16.4. The van der Waals surface area contributed by atoms with E-state index in [9.17, 15) is 0 Å². The van der Waals surface area contributed by atoms with Gasteiger partial charge in [0, 0.05) is 32.3 Å². The van der Waals surface area contributed by atoms with Crippen LogP contribution in [0.15, 0.2) is 0 Å². The van der Waals surface area contributed by atoms with Crippen molar-refractivity contribution >= 4 is 17.8 Å². The van der Waals surface area contributed by atoms with Gasteiger partial charge in [-0.1, -0.05) is 0 Å². The molecule has 0 saturated carbocycles. The molecule has 0 fully saturated rings. The van der Waals surface area contributed by atoms with Gasteiger partial charge < -0.3 is 20.6 Å². The molecule has 0 amide bonds. The highest BCUT2D eigenvalue weighted by atomic mass is 16.3. The van der Waals surface area contributed by atoms with Gasteiger partial charge in [-0.15, -0.1) is 0 Å². The topological polar surface area (TPSA) is 86.2 Å². The average Bonchev–Trinajstić information content (AvgIpc) is 2.39. The van der Waals surface area contributed by atoms with E-state index in [1.807, 2.05) is 13.8 Å². The summed E-state index contributed by atoms with van der Waals surface area (Å²) in [5.74, 6) is 1.70. The molecule has 1 aromatic heterocycles. The lowest BCUT2D eigenvalue weighted by Crippen LogP contribution is -2.33. The van der Waals surface area contributed by atoms with E-state index in [-0.39, 0.29) is 12.1 Å². The van der Waals surface area contributed by atoms with Gasteiger partial charge in [0.15, 0.2) is 0 Å². The Morgan fingerprint density at radius 1 is 1.10 bits per heavy atom. The quantitative estimate of drug-likeness (QED) is 0.663. The van der Waals surface area contributed by atoms with Crippen LogP contribution in [0.5, 0.6) is 0 Å². The molecule has 1 aromatic rings. The van der Waals surface area contributed by atoms with E-state index < -0.39 is 0 Å². The maximum Gasteiger partial charge on any atom is 0.231 e. The normalized spacial score (nSPS) is 11.3. The van der Waals surface area contributed by atoms with Crippen molar-refractivity contribution in [2.75, 3.05) is 42.3 Å². The molecule has 0 atom stereocenters. The summed E-state index contributed by atoms with van der Waals surface area (Å²) in [7, 11) is 1.78. The number of hydrogen-bond donors (Lipinski definition) is 3. The van der Waals surface area contributed by atoms with Crippen LogP contribution in [0.25, 0.3) is 0 Å². The number of nitrogens with zero attached hydrogens (tertiary/aromatic N) is 4. The molecule has 114 valence electrons. The van der Waals surface area contributed by atoms with Gasteiger partial charge in [-0.05, 0) is 34.1 Å². The van der Waals surface area contributed by atoms with Crippen molar-refractivity contribution in [1.29, 1.82) is 0 Å². The Kier molecular flexibility index (Phi) is 5.94. The second kappa shape index (κ2) is 7.23. The Hall–Kier alpha value is -1.63. The summed E-state index contributed by atoms with van der Waals surface area (Å²) in [6, 6.07) is 0. The van der Waals surface area contributed by atoms with Gasteiger partial charge in [-0.25, -0.2) is 0 Å². The lowest BCUT2D eigenvalue weighted by atomic mass is 10.0. The smallest absolute Gasteiger partial charge is 0.231 e. The third-order valence-electron chi connectivity index (χ3n) is 3.08. The fraction of sp³-hybridized carbons (Fsp3) is 0.769. The lowest BCUT2D eigenvalue weighted by Gasteiger charge is -2.26. The molecule has 1 heterocycles. The van der Waals surface area contributed by atoms with Crippen molar-refractivity contribution in [2.24, 2.45) is 0 Å². The van der Waals surface area contributed by atoms with Crippen LogP contribution in [0, 0.1) is 0 Å². The first-order chi connectivity index (χ1) is 9.45. The molecule has 0 aliphatic rings. The monoisotopic (exact) mass is 282 g/mol. The fourth-order valence-corrected chi connectivity index (χ4v) is 1.83.